The van der Waals surface area contributed by atoms with Crippen LogP contribution in [0.3, 0.4) is 0 Å². The quantitative estimate of drug-likeness (QED) is 0.743. The van der Waals surface area contributed by atoms with E-state index in [-0.39, 0.29) is 12.3 Å². The monoisotopic (exact) mass is 343 g/mol. The zero-order valence-corrected chi connectivity index (χ0v) is 13.6. The number of nitrogens with two attached hydrogens (primary N) is 1. The van der Waals surface area contributed by atoms with Gasteiger partial charge in [0.15, 0.2) is 0 Å². The number of carbonyl (C=O) groups excluding carboxylic acids is 3. The lowest BCUT2D eigenvalue weighted by molar-refractivity contribution is -0.119. The third-order valence-corrected chi connectivity index (χ3v) is 3.45. The van der Waals surface area contributed by atoms with E-state index in [9.17, 15) is 18.8 Å². The Kier molecular flexibility index (Phi) is 5.84. The second kappa shape index (κ2) is 8.05. The molecule has 0 saturated heterocycles. The SMILES string of the molecule is CC(=O)Nc1ccc(C(=O)N[C@H](Cc2cccc(F)c2)C(N)=O)cc1. The van der Waals surface area contributed by atoms with Crippen molar-refractivity contribution in [2.24, 2.45) is 5.73 Å². The van der Waals surface area contributed by atoms with Crippen molar-refractivity contribution < 1.29 is 18.8 Å². The predicted molar refractivity (Wildman–Crippen MR) is 91.3 cm³/mol. The summed E-state index contributed by atoms with van der Waals surface area (Å²) < 4.78 is 13.2. The summed E-state index contributed by atoms with van der Waals surface area (Å²) in [7, 11) is 0. The molecule has 7 heteroatoms. The van der Waals surface area contributed by atoms with E-state index in [2.05, 4.69) is 10.6 Å². The molecule has 130 valence electrons. The fourth-order valence-electron chi connectivity index (χ4n) is 2.27. The number of nitrogens with one attached hydrogen (secondary N) is 2. The number of anilines is 1. The molecule has 0 radical (unpaired) electrons. The van der Waals surface area contributed by atoms with E-state index in [0.29, 0.717) is 16.8 Å². The Morgan fingerprint density at radius 2 is 1.80 bits per heavy atom. The van der Waals surface area contributed by atoms with E-state index in [1.165, 1.54) is 37.3 Å². The number of hydrogen-bond donors (Lipinski definition) is 3. The Morgan fingerprint density at radius 3 is 2.36 bits per heavy atom. The van der Waals surface area contributed by atoms with Gasteiger partial charge in [0.1, 0.15) is 11.9 Å². The van der Waals surface area contributed by atoms with Crippen LogP contribution >= 0.6 is 0 Å². The number of amides is 3. The number of benzene rings is 2. The van der Waals surface area contributed by atoms with Gasteiger partial charge in [-0.05, 0) is 42.0 Å². The summed E-state index contributed by atoms with van der Waals surface area (Å²) >= 11 is 0. The van der Waals surface area contributed by atoms with Crippen LogP contribution in [0.15, 0.2) is 48.5 Å². The number of carbonyl (C=O) groups is 3. The molecule has 0 fully saturated rings. The third kappa shape index (κ3) is 5.42. The van der Waals surface area contributed by atoms with Gasteiger partial charge in [0.2, 0.25) is 11.8 Å². The normalized spacial score (nSPS) is 11.4. The molecule has 25 heavy (non-hydrogen) atoms. The van der Waals surface area contributed by atoms with Crippen molar-refractivity contribution in [2.75, 3.05) is 5.32 Å². The largest absolute Gasteiger partial charge is 0.368 e. The van der Waals surface area contributed by atoms with E-state index in [0.717, 1.165) is 0 Å². The molecule has 4 N–H and O–H groups in total. The van der Waals surface area contributed by atoms with Crippen LogP contribution in [0.2, 0.25) is 0 Å². The van der Waals surface area contributed by atoms with Crippen LogP contribution in [0.1, 0.15) is 22.8 Å². The van der Waals surface area contributed by atoms with Crippen LogP contribution in [0.4, 0.5) is 10.1 Å². The Hall–Kier alpha value is -3.22. The molecule has 0 bridgehead atoms. The Morgan fingerprint density at radius 1 is 1.12 bits per heavy atom. The molecule has 0 spiro atoms. The van der Waals surface area contributed by atoms with E-state index in [4.69, 9.17) is 5.73 Å². The summed E-state index contributed by atoms with van der Waals surface area (Å²) in [5, 5.41) is 5.13. The van der Waals surface area contributed by atoms with E-state index in [1.54, 1.807) is 18.2 Å². The maximum Gasteiger partial charge on any atom is 0.251 e. The minimum Gasteiger partial charge on any atom is -0.368 e. The molecule has 0 unspecified atom stereocenters. The first-order valence-corrected chi connectivity index (χ1v) is 7.57. The number of rotatable bonds is 6. The van der Waals surface area contributed by atoms with Crippen molar-refractivity contribution in [3.8, 4) is 0 Å². The third-order valence-electron chi connectivity index (χ3n) is 3.45. The van der Waals surface area contributed by atoms with Gasteiger partial charge in [-0.1, -0.05) is 12.1 Å². The van der Waals surface area contributed by atoms with Gasteiger partial charge in [-0.2, -0.15) is 0 Å². The number of hydrogen-bond acceptors (Lipinski definition) is 3. The summed E-state index contributed by atoms with van der Waals surface area (Å²) in [5.74, 6) is -1.86. The van der Waals surface area contributed by atoms with E-state index in [1.807, 2.05) is 0 Å². The first-order chi connectivity index (χ1) is 11.8. The van der Waals surface area contributed by atoms with Gasteiger partial charge < -0.3 is 16.4 Å². The number of primary amides is 1. The molecule has 2 aromatic rings. The molecular formula is C18H18FN3O3. The summed E-state index contributed by atoms with van der Waals surface area (Å²) in [6.07, 6.45) is 0.0861. The predicted octanol–water partition coefficient (Wildman–Crippen LogP) is 1.61. The van der Waals surface area contributed by atoms with Gasteiger partial charge in [0, 0.05) is 24.6 Å². The fraction of sp³-hybridized carbons (Fsp3) is 0.167. The van der Waals surface area contributed by atoms with Gasteiger partial charge in [-0.15, -0.1) is 0 Å². The number of halogens is 1. The lowest BCUT2D eigenvalue weighted by Gasteiger charge is -2.16. The topological polar surface area (TPSA) is 101 Å². The molecule has 0 aliphatic rings. The van der Waals surface area contributed by atoms with Crippen LogP contribution in [0, 0.1) is 5.82 Å². The van der Waals surface area contributed by atoms with Crippen LogP contribution in [0.5, 0.6) is 0 Å². The smallest absolute Gasteiger partial charge is 0.251 e. The minimum absolute atomic E-state index is 0.0861. The zero-order chi connectivity index (χ0) is 18.4. The highest BCUT2D eigenvalue weighted by molar-refractivity contribution is 5.98. The van der Waals surface area contributed by atoms with E-state index >= 15 is 0 Å². The first-order valence-electron chi connectivity index (χ1n) is 7.57. The Labute approximate surface area is 144 Å². The van der Waals surface area contributed by atoms with Crippen molar-refractivity contribution in [1.29, 1.82) is 0 Å². The van der Waals surface area contributed by atoms with Crippen molar-refractivity contribution in [3.63, 3.8) is 0 Å². The van der Waals surface area contributed by atoms with Crippen molar-refractivity contribution in [3.05, 3.63) is 65.5 Å². The molecule has 2 rings (SSSR count). The molecule has 2 aromatic carbocycles. The Balaban J connectivity index is 2.07. The molecule has 0 heterocycles. The summed E-state index contributed by atoms with van der Waals surface area (Å²) in [5.41, 5.74) is 6.74. The summed E-state index contributed by atoms with van der Waals surface area (Å²) in [6, 6.07) is 10.9. The van der Waals surface area contributed by atoms with Crippen molar-refractivity contribution in [1.82, 2.24) is 5.32 Å². The second-order valence-electron chi connectivity index (χ2n) is 5.52. The van der Waals surface area contributed by atoms with Gasteiger partial charge in [-0.25, -0.2) is 4.39 Å². The molecule has 0 saturated carbocycles. The maximum absolute atomic E-state index is 13.2. The van der Waals surface area contributed by atoms with Gasteiger partial charge in [0.25, 0.3) is 5.91 Å². The molecule has 6 nitrogen and oxygen atoms in total. The molecule has 0 aliphatic carbocycles. The first kappa shape index (κ1) is 18.1. The molecule has 0 aliphatic heterocycles. The molecule has 0 aromatic heterocycles. The average molecular weight is 343 g/mol. The summed E-state index contributed by atoms with van der Waals surface area (Å²) in [4.78, 5) is 34.8. The highest BCUT2D eigenvalue weighted by Gasteiger charge is 2.19. The van der Waals surface area contributed by atoms with Gasteiger partial charge in [-0.3, -0.25) is 14.4 Å². The zero-order valence-electron chi connectivity index (χ0n) is 13.6. The minimum atomic E-state index is -0.968. The standard InChI is InChI=1S/C18H18FN3O3/c1-11(23)21-15-7-5-13(6-8-15)18(25)22-16(17(20)24)10-12-3-2-4-14(19)9-12/h2-9,16H,10H2,1H3,(H2,20,24)(H,21,23)(H,22,25)/t16-/m1/s1. The van der Waals surface area contributed by atoms with Gasteiger partial charge in [0.05, 0.1) is 0 Å². The average Bonchev–Trinajstić information content (AvgIpc) is 2.54. The lowest BCUT2D eigenvalue weighted by atomic mass is 10.0. The van der Waals surface area contributed by atoms with Crippen LogP contribution < -0.4 is 16.4 Å². The highest BCUT2D eigenvalue weighted by Crippen LogP contribution is 2.11. The summed E-state index contributed by atoms with van der Waals surface area (Å²) in [6.45, 7) is 1.38. The van der Waals surface area contributed by atoms with Crippen LogP contribution in [-0.2, 0) is 16.0 Å². The van der Waals surface area contributed by atoms with Crippen molar-refractivity contribution >= 4 is 23.4 Å². The van der Waals surface area contributed by atoms with E-state index < -0.39 is 23.7 Å². The van der Waals surface area contributed by atoms with Crippen molar-refractivity contribution in [2.45, 2.75) is 19.4 Å². The Bertz CT molecular complexity index is 790. The van der Waals surface area contributed by atoms with Crippen LogP contribution in [-0.4, -0.2) is 23.8 Å². The van der Waals surface area contributed by atoms with Gasteiger partial charge >= 0.3 is 0 Å². The molecule has 1 atom stereocenters. The highest BCUT2D eigenvalue weighted by atomic mass is 19.1. The second-order valence-corrected chi connectivity index (χ2v) is 5.52. The molecular weight excluding hydrogens is 325 g/mol. The van der Waals surface area contributed by atoms with Crippen LogP contribution in [0.25, 0.3) is 0 Å². The molecule has 3 amide bonds. The lowest BCUT2D eigenvalue weighted by Crippen LogP contribution is -2.45. The maximum atomic E-state index is 13.2. The fourth-order valence-corrected chi connectivity index (χ4v) is 2.27.